The van der Waals surface area contributed by atoms with Crippen molar-refractivity contribution < 1.29 is 4.79 Å². The van der Waals surface area contributed by atoms with E-state index in [2.05, 4.69) is 18.4 Å². The molecule has 0 aliphatic carbocycles. The SMILES string of the molecule is CCN(Cc1ccccc1)C(=O)CCCSC. The number of rotatable bonds is 7. The third-order valence-electron chi connectivity index (χ3n) is 2.69. The van der Waals surface area contributed by atoms with Crippen molar-refractivity contribution in [3.63, 3.8) is 0 Å². The van der Waals surface area contributed by atoms with Gasteiger partial charge < -0.3 is 4.90 Å². The molecule has 0 saturated carbocycles. The summed E-state index contributed by atoms with van der Waals surface area (Å²) in [6, 6.07) is 10.2. The smallest absolute Gasteiger partial charge is 0.222 e. The van der Waals surface area contributed by atoms with Crippen LogP contribution in [0.25, 0.3) is 0 Å². The lowest BCUT2D eigenvalue weighted by Crippen LogP contribution is -2.30. The summed E-state index contributed by atoms with van der Waals surface area (Å²) in [6.45, 7) is 3.55. The first-order valence-electron chi connectivity index (χ1n) is 6.08. The molecule has 0 aliphatic rings. The normalized spacial score (nSPS) is 10.2. The number of carbonyl (C=O) groups is 1. The average Bonchev–Trinajstić information content (AvgIpc) is 2.37. The van der Waals surface area contributed by atoms with Crippen LogP contribution in [0, 0.1) is 0 Å². The van der Waals surface area contributed by atoms with Crippen molar-refractivity contribution in [2.24, 2.45) is 0 Å². The van der Waals surface area contributed by atoms with Crippen LogP contribution in [0.4, 0.5) is 0 Å². The minimum absolute atomic E-state index is 0.269. The molecule has 17 heavy (non-hydrogen) atoms. The zero-order chi connectivity index (χ0) is 12.5. The molecule has 1 aromatic carbocycles. The fourth-order valence-electron chi connectivity index (χ4n) is 1.71. The fraction of sp³-hybridized carbons (Fsp3) is 0.500. The lowest BCUT2D eigenvalue weighted by atomic mass is 10.2. The van der Waals surface area contributed by atoms with E-state index in [9.17, 15) is 4.79 Å². The highest BCUT2D eigenvalue weighted by atomic mass is 32.2. The molecule has 0 radical (unpaired) electrons. The molecule has 0 N–H and O–H groups in total. The van der Waals surface area contributed by atoms with E-state index in [0.29, 0.717) is 6.42 Å². The summed E-state index contributed by atoms with van der Waals surface area (Å²) in [5.41, 5.74) is 1.20. The molecule has 3 heteroatoms. The monoisotopic (exact) mass is 251 g/mol. The van der Waals surface area contributed by atoms with Crippen LogP contribution in [-0.4, -0.2) is 29.4 Å². The minimum atomic E-state index is 0.269. The van der Waals surface area contributed by atoms with E-state index in [1.807, 2.05) is 30.0 Å². The number of hydrogen-bond donors (Lipinski definition) is 0. The van der Waals surface area contributed by atoms with Gasteiger partial charge in [0.15, 0.2) is 0 Å². The first-order valence-corrected chi connectivity index (χ1v) is 7.48. The van der Waals surface area contributed by atoms with Crippen LogP contribution < -0.4 is 0 Å². The third kappa shape index (κ3) is 5.26. The second kappa shape index (κ2) is 8.18. The van der Waals surface area contributed by atoms with Gasteiger partial charge in [0.2, 0.25) is 5.91 Å². The van der Waals surface area contributed by atoms with Crippen LogP contribution in [0.2, 0.25) is 0 Å². The van der Waals surface area contributed by atoms with E-state index in [0.717, 1.165) is 25.3 Å². The summed E-state index contributed by atoms with van der Waals surface area (Å²) in [6.07, 6.45) is 3.72. The predicted molar refractivity (Wildman–Crippen MR) is 75.1 cm³/mol. The molecule has 0 bridgehead atoms. The van der Waals surface area contributed by atoms with Gasteiger partial charge in [0.1, 0.15) is 0 Å². The molecule has 2 nitrogen and oxygen atoms in total. The highest BCUT2D eigenvalue weighted by molar-refractivity contribution is 7.98. The summed E-state index contributed by atoms with van der Waals surface area (Å²) >= 11 is 1.80. The van der Waals surface area contributed by atoms with Crippen molar-refractivity contribution >= 4 is 17.7 Å². The van der Waals surface area contributed by atoms with Crippen LogP contribution in [0.1, 0.15) is 25.3 Å². The Morgan fingerprint density at radius 1 is 1.29 bits per heavy atom. The highest BCUT2D eigenvalue weighted by Crippen LogP contribution is 2.08. The van der Waals surface area contributed by atoms with Crippen LogP contribution in [0.5, 0.6) is 0 Å². The second-order valence-electron chi connectivity index (χ2n) is 3.99. The maximum absolute atomic E-state index is 12.0. The van der Waals surface area contributed by atoms with Crippen LogP contribution in [-0.2, 0) is 11.3 Å². The molecule has 0 unspecified atom stereocenters. The maximum atomic E-state index is 12.0. The van der Waals surface area contributed by atoms with E-state index in [1.165, 1.54) is 5.56 Å². The van der Waals surface area contributed by atoms with Gasteiger partial charge in [0, 0.05) is 19.5 Å². The molecule has 0 fully saturated rings. The average molecular weight is 251 g/mol. The Hall–Kier alpha value is -0.960. The van der Waals surface area contributed by atoms with Gasteiger partial charge in [0.05, 0.1) is 0 Å². The number of benzene rings is 1. The Balaban J connectivity index is 2.45. The summed E-state index contributed by atoms with van der Waals surface area (Å²) in [7, 11) is 0. The quantitative estimate of drug-likeness (QED) is 0.694. The van der Waals surface area contributed by atoms with Crippen molar-refractivity contribution in [1.82, 2.24) is 4.90 Å². The van der Waals surface area contributed by atoms with Crippen LogP contribution >= 0.6 is 11.8 Å². The Morgan fingerprint density at radius 3 is 2.59 bits per heavy atom. The molecule has 0 spiro atoms. The number of hydrogen-bond acceptors (Lipinski definition) is 2. The zero-order valence-electron chi connectivity index (χ0n) is 10.7. The molecule has 0 atom stereocenters. The van der Waals surface area contributed by atoms with Crippen LogP contribution in [0.15, 0.2) is 30.3 Å². The van der Waals surface area contributed by atoms with Crippen molar-refractivity contribution in [2.75, 3.05) is 18.6 Å². The van der Waals surface area contributed by atoms with Gasteiger partial charge in [-0.25, -0.2) is 0 Å². The molecular formula is C14H21NOS. The van der Waals surface area contributed by atoms with E-state index >= 15 is 0 Å². The number of thioether (sulfide) groups is 1. The van der Waals surface area contributed by atoms with Crippen LogP contribution in [0.3, 0.4) is 0 Å². The summed E-state index contributed by atoms with van der Waals surface area (Å²) in [5.74, 6) is 1.33. The van der Waals surface area contributed by atoms with E-state index in [4.69, 9.17) is 0 Å². The third-order valence-corrected chi connectivity index (χ3v) is 3.39. The standard InChI is InChI=1S/C14H21NOS/c1-3-15(14(16)10-7-11-17-2)12-13-8-5-4-6-9-13/h4-6,8-9H,3,7,10-12H2,1-2H3. The summed E-state index contributed by atoms with van der Waals surface area (Å²) in [5, 5.41) is 0. The molecule has 1 rings (SSSR count). The van der Waals surface area contributed by atoms with Crippen molar-refractivity contribution in [3.8, 4) is 0 Å². The largest absolute Gasteiger partial charge is 0.339 e. The second-order valence-corrected chi connectivity index (χ2v) is 4.98. The summed E-state index contributed by atoms with van der Waals surface area (Å²) < 4.78 is 0. The highest BCUT2D eigenvalue weighted by Gasteiger charge is 2.11. The lowest BCUT2D eigenvalue weighted by Gasteiger charge is -2.21. The van der Waals surface area contributed by atoms with Gasteiger partial charge in [-0.05, 0) is 30.9 Å². The molecule has 0 saturated heterocycles. The van der Waals surface area contributed by atoms with Gasteiger partial charge in [0.25, 0.3) is 0 Å². The van der Waals surface area contributed by atoms with E-state index < -0.39 is 0 Å². The van der Waals surface area contributed by atoms with Crippen molar-refractivity contribution in [1.29, 1.82) is 0 Å². The molecule has 1 aromatic rings. The molecule has 0 aliphatic heterocycles. The van der Waals surface area contributed by atoms with Gasteiger partial charge in [-0.2, -0.15) is 11.8 Å². The molecule has 0 heterocycles. The van der Waals surface area contributed by atoms with E-state index in [-0.39, 0.29) is 5.91 Å². The minimum Gasteiger partial charge on any atom is -0.339 e. The first-order chi connectivity index (χ1) is 8.27. The number of amides is 1. The number of carbonyl (C=O) groups excluding carboxylic acids is 1. The topological polar surface area (TPSA) is 20.3 Å². The van der Waals surface area contributed by atoms with Gasteiger partial charge in [-0.15, -0.1) is 0 Å². The van der Waals surface area contributed by atoms with Gasteiger partial charge in [-0.3, -0.25) is 4.79 Å². The first kappa shape index (κ1) is 14.1. The van der Waals surface area contributed by atoms with Gasteiger partial charge in [-0.1, -0.05) is 30.3 Å². The molecule has 0 aromatic heterocycles. The molecule has 1 amide bonds. The Bertz CT molecular complexity index is 326. The molecular weight excluding hydrogens is 230 g/mol. The van der Waals surface area contributed by atoms with Crippen molar-refractivity contribution in [2.45, 2.75) is 26.3 Å². The van der Waals surface area contributed by atoms with Crippen molar-refractivity contribution in [3.05, 3.63) is 35.9 Å². The van der Waals surface area contributed by atoms with Gasteiger partial charge >= 0.3 is 0 Å². The zero-order valence-corrected chi connectivity index (χ0v) is 11.5. The maximum Gasteiger partial charge on any atom is 0.222 e. The summed E-state index contributed by atoms with van der Waals surface area (Å²) in [4.78, 5) is 13.9. The predicted octanol–water partition coefficient (Wildman–Crippen LogP) is 3.18. The lowest BCUT2D eigenvalue weighted by molar-refractivity contribution is -0.131. The Morgan fingerprint density at radius 2 is 2.00 bits per heavy atom. The number of nitrogens with zero attached hydrogens (tertiary/aromatic N) is 1. The van der Waals surface area contributed by atoms with E-state index in [1.54, 1.807) is 11.8 Å². The molecule has 94 valence electrons. The fourth-order valence-corrected chi connectivity index (χ4v) is 2.14. The Labute approximate surface area is 108 Å². The Kier molecular flexibility index (Phi) is 6.78.